The van der Waals surface area contributed by atoms with Gasteiger partial charge in [0.15, 0.2) is 0 Å². The third kappa shape index (κ3) is 2.46. The van der Waals surface area contributed by atoms with Crippen LogP contribution in [0.15, 0.2) is 29.8 Å². The average molecular weight is 254 g/mol. The minimum Gasteiger partial charge on any atom is -0.283 e. The molecule has 0 atom stereocenters. The summed E-state index contributed by atoms with van der Waals surface area (Å²) in [6.07, 6.45) is 1.71. The molecule has 16 heavy (non-hydrogen) atoms. The highest BCUT2D eigenvalue weighted by atomic mass is 35.5. The summed E-state index contributed by atoms with van der Waals surface area (Å²) in [5.74, 6) is 0.0410. The van der Waals surface area contributed by atoms with Crippen molar-refractivity contribution in [3.8, 4) is 0 Å². The Bertz CT molecular complexity index is 485. The van der Waals surface area contributed by atoms with Gasteiger partial charge in [-0.3, -0.25) is 14.9 Å². The normalized spacial score (nSPS) is 18.7. The number of nitrogens with one attached hydrogen (secondary N) is 1. The van der Waals surface area contributed by atoms with Gasteiger partial charge in [-0.25, -0.2) is 0 Å². The lowest BCUT2D eigenvalue weighted by Gasteiger charge is -2.12. The molecule has 0 aromatic heterocycles. The molecule has 0 bridgehead atoms. The van der Waals surface area contributed by atoms with E-state index in [0.717, 1.165) is 17.3 Å². The van der Waals surface area contributed by atoms with Crippen LogP contribution in [0.1, 0.15) is 5.56 Å². The molecule has 2 rings (SSSR count). The number of hydrogen-bond acceptors (Lipinski definition) is 3. The quantitative estimate of drug-likeness (QED) is 0.783. The third-order valence-electron chi connectivity index (χ3n) is 2.10. The standard InChI is InChI=1S/C11H8ClNO2S/c12-9-4-2-1-3-7(9)5-8-6-16-11(15)13-10(8)14/h1-5H,6H2,(H,13,14,15)/b8-5+. The second-order valence-electron chi connectivity index (χ2n) is 3.22. The molecule has 1 aromatic carbocycles. The maximum atomic E-state index is 11.5. The fourth-order valence-electron chi connectivity index (χ4n) is 1.30. The van der Waals surface area contributed by atoms with Crippen LogP contribution in [0.3, 0.4) is 0 Å². The van der Waals surface area contributed by atoms with Crippen LogP contribution < -0.4 is 5.32 Å². The number of hydrogen-bond donors (Lipinski definition) is 1. The summed E-state index contributed by atoms with van der Waals surface area (Å²) >= 11 is 7.04. The van der Waals surface area contributed by atoms with E-state index in [2.05, 4.69) is 5.32 Å². The van der Waals surface area contributed by atoms with Crippen molar-refractivity contribution in [3.05, 3.63) is 40.4 Å². The molecule has 1 saturated heterocycles. The van der Waals surface area contributed by atoms with E-state index in [-0.39, 0.29) is 11.1 Å². The van der Waals surface area contributed by atoms with Crippen molar-refractivity contribution in [2.45, 2.75) is 0 Å². The molecule has 1 heterocycles. The smallest absolute Gasteiger partial charge is 0.283 e. The summed E-state index contributed by atoms with van der Waals surface area (Å²) in [6, 6.07) is 7.25. The van der Waals surface area contributed by atoms with E-state index in [9.17, 15) is 9.59 Å². The van der Waals surface area contributed by atoms with E-state index < -0.39 is 0 Å². The maximum Gasteiger partial charge on any atom is 0.286 e. The van der Waals surface area contributed by atoms with Gasteiger partial charge in [-0.1, -0.05) is 41.6 Å². The molecule has 3 nitrogen and oxygen atoms in total. The van der Waals surface area contributed by atoms with E-state index in [0.29, 0.717) is 16.3 Å². The first-order chi connectivity index (χ1) is 7.66. The van der Waals surface area contributed by atoms with Crippen LogP contribution in [0.5, 0.6) is 0 Å². The molecule has 0 radical (unpaired) electrons. The van der Waals surface area contributed by atoms with E-state index in [1.54, 1.807) is 12.1 Å². The van der Waals surface area contributed by atoms with Crippen LogP contribution in [-0.2, 0) is 4.79 Å². The molecule has 82 valence electrons. The Kier molecular flexibility index (Phi) is 3.31. The molecular weight excluding hydrogens is 246 g/mol. The average Bonchev–Trinajstić information content (AvgIpc) is 2.25. The van der Waals surface area contributed by atoms with Crippen LogP contribution in [-0.4, -0.2) is 16.9 Å². The molecule has 2 amide bonds. The summed E-state index contributed by atoms with van der Waals surface area (Å²) in [5.41, 5.74) is 1.34. The second kappa shape index (κ2) is 4.72. The van der Waals surface area contributed by atoms with Gasteiger partial charge >= 0.3 is 0 Å². The Hall–Kier alpha value is -1.26. The van der Waals surface area contributed by atoms with E-state index in [1.807, 2.05) is 18.2 Å². The number of amides is 2. The SMILES string of the molecule is O=C1NC(=O)/C(=C/c2ccccc2Cl)CS1. The van der Waals surface area contributed by atoms with Gasteiger partial charge in [0.1, 0.15) is 0 Å². The number of benzene rings is 1. The number of halogens is 1. The molecule has 0 aliphatic carbocycles. The lowest BCUT2D eigenvalue weighted by atomic mass is 10.1. The Morgan fingerprint density at radius 2 is 2.06 bits per heavy atom. The topological polar surface area (TPSA) is 46.2 Å². The molecular formula is C11H8ClNO2S. The molecule has 0 spiro atoms. The zero-order chi connectivity index (χ0) is 11.5. The Morgan fingerprint density at radius 3 is 2.75 bits per heavy atom. The number of rotatable bonds is 1. The number of imide groups is 1. The van der Waals surface area contributed by atoms with Gasteiger partial charge in [0.05, 0.1) is 0 Å². The van der Waals surface area contributed by atoms with Crippen molar-refractivity contribution in [3.63, 3.8) is 0 Å². The predicted octanol–water partition coefficient (Wildman–Crippen LogP) is 2.71. The molecule has 1 N–H and O–H groups in total. The highest BCUT2D eigenvalue weighted by Gasteiger charge is 2.20. The van der Waals surface area contributed by atoms with Gasteiger partial charge in [-0.05, 0) is 17.7 Å². The summed E-state index contributed by atoms with van der Waals surface area (Å²) in [4.78, 5) is 22.4. The van der Waals surface area contributed by atoms with Crippen molar-refractivity contribution in [2.24, 2.45) is 0 Å². The Balaban J connectivity index is 2.28. The van der Waals surface area contributed by atoms with Crippen LogP contribution in [0.4, 0.5) is 4.79 Å². The molecule has 5 heteroatoms. The molecule has 0 saturated carbocycles. The lowest BCUT2D eigenvalue weighted by Crippen LogP contribution is -2.33. The minimum atomic E-state index is -0.344. The van der Waals surface area contributed by atoms with Gasteiger partial charge in [0.2, 0.25) is 0 Å². The van der Waals surface area contributed by atoms with E-state index in [4.69, 9.17) is 11.6 Å². The van der Waals surface area contributed by atoms with Gasteiger partial charge in [0, 0.05) is 16.3 Å². The van der Waals surface area contributed by atoms with Crippen molar-refractivity contribution >= 4 is 40.6 Å². The van der Waals surface area contributed by atoms with Crippen LogP contribution in [0, 0.1) is 0 Å². The van der Waals surface area contributed by atoms with E-state index >= 15 is 0 Å². The zero-order valence-electron chi connectivity index (χ0n) is 8.20. The fraction of sp³-hybridized carbons (Fsp3) is 0.0909. The summed E-state index contributed by atoms with van der Waals surface area (Å²) in [5, 5.41) is 2.53. The molecule has 1 fully saturated rings. The van der Waals surface area contributed by atoms with Gasteiger partial charge in [0.25, 0.3) is 11.1 Å². The molecule has 1 aromatic rings. The van der Waals surface area contributed by atoms with Crippen molar-refractivity contribution in [2.75, 3.05) is 5.75 Å². The first-order valence-corrected chi connectivity index (χ1v) is 5.96. The zero-order valence-corrected chi connectivity index (χ0v) is 9.77. The molecule has 1 aliphatic rings. The van der Waals surface area contributed by atoms with Crippen molar-refractivity contribution in [1.29, 1.82) is 0 Å². The predicted molar refractivity (Wildman–Crippen MR) is 65.4 cm³/mol. The van der Waals surface area contributed by atoms with Gasteiger partial charge in [-0.15, -0.1) is 0 Å². The molecule has 1 aliphatic heterocycles. The van der Waals surface area contributed by atoms with Crippen molar-refractivity contribution in [1.82, 2.24) is 5.32 Å². The lowest BCUT2D eigenvalue weighted by molar-refractivity contribution is -0.116. The van der Waals surface area contributed by atoms with Gasteiger partial charge in [-0.2, -0.15) is 0 Å². The van der Waals surface area contributed by atoms with Gasteiger partial charge < -0.3 is 0 Å². The number of thioether (sulfide) groups is 1. The van der Waals surface area contributed by atoms with E-state index in [1.165, 1.54) is 0 Å². The Morgan fingerprint density at radius 1 is 1.31 bits per heavy atom. The minimum absolute atomic E-state index is 0.304. The second-order valence-corrected chi connectivity index (χ2v) is 4.58. The highest BCUT2D eigenvalue weighted by molar-refractivity contribution is 8.13. The number of carbonyl (C=O) groups excluding carboxylic acids is 2. The summed E-state index contributed by atoms with van der Waals surface area (Å²) in [7, 11) is 0. The van der Waals surface area contributed by atoms with Crippen LogP contribution >= 0.6 is 23.4 Å². The first kappa shape index (κ1) is 11.2. The monoisotopic (exact) mass is 253 g/mol. The fourth-order valence-corrected chi connectivity index (χ4v) is 2.16. The van der Waals surface area contributed by atoms with Crippen molar-refractivity contribution < 1.29 is 9.59 Å². The highest BCUT2D eigenvalue weighted by Crippen LogP contribution is 2.22. The maximum absolute atomic E-state index is 11.5. The van der Waals surface area contributed by atoms with Crippen LogP contribution in [0.2, 0.25) is 5.02 Å². The largest absolute Gasteiger partial charge is 0.286 e. The summed E-state index contributed by atoms with van der Waals surface area (Å²) < 4.78 is 0. The first-order valence-electron chi connectivity index (χ1n) is 4.60. The number of carbonyl (C=O) groups is 2. The van der Waals surface area contributed by atoms with Crippen LogP contribution in [0.25, 0.3) is 6.08 Å². The summed E-state index contributed by atoms with van der Waals surface area (Å²) in [6.45, 7) is 0. The third-order valence-corrected chi connectivity index (χ3v) is 3.26. The molecule has 0 unspecified atom stereocenters. The Labute approximate surface area is 102 Å².